The molecule has 1 unspecified atom stereocenters. The summed E-state index contributed by atoms with van der Waals surface area (Å²) in [5.41, 5.74) is 46.1. The number of hydrogen-bond acceptors (Lipinski definition) is 3. The topological polar surface area (TPSA) is 68.2 Å². The predicted molar refractivity (Wildman–Crippen MR) is 579 cm³/mol. The number of imidazole rings is 3. The summed E-state index contributed by atoms with van der Waals surface area (Å²) in [5, 5.41) is 7.46. The van der Waals surface area contributed by atoms with E-state index >= 15 is 0 Å². The summed E-state index contributed by atoms with van der Waals surface area (Å²) >= 11 is 0. The zero-order valence-electron chi connectivity index (χ0n) is 84.0. The van der Waals surface area contributed by atoms with Gasteiger partial charge in [-0.25, -0.2) is 15.0 Å². The first-order chi connectivity index (χ1) is 64.3. The highest BCUT2D eigenvalue weighted by Gasteiger charge is 2.30. The number of aromatic nitrogens is 9. The Morgan fingerprint density at radius 3 is 0.926 bits per heavy atom. The first kappa shape index (κ1) is 90.3. The van der Waals surface area contributed by atoms with Crippen LogP contribution in [0.2, 0.25) is 0 Å². The highest BCUT2D eigenvalue weighted by Crippen LogP contribution is 2.47. The molecule has 6 heterocycles. The third kappa shape index (κ3) is 16.5. The Morgan fingerprint density at radius 2 is 0.556 bits per heavy atom. The van der Waals surface area contributed by atoms with Gasteiger partial charge in [0.15, 0.2) is 0 Å². The van der Waals surface area contributed by atoms with Gasteiger partial charge in [0.05, 0.1) is 66.2 Å². The first-order valence-corrected chi connectivity index (χ1v) is 48.5. The van der Waals surface area contributed by atoms with E-state index in [2.05, 4.69) is 493 Å². The minimum absolute atomic E-state index is 0.0404. The van der Waals surface area contributed by atoms with Crippen molar-refractivity contribution in [2.45, 2.75) is 213 Å². The van der Waals surface area contributed by atoms with Crippen molar-refractivity contribution in [1.29, 1.82) is 0 Å². The van der Waals surface area contributed by atoms with Crippen molar-refractivity contribution >= 4 is 98.5 Å². The van der Waals surface area contributed by atoms with Crippen LogP contribution in [-0.2, 0) is 28.7 Å². The molecule has 0 fully saturated rings. The summed E-state index contributed by atoms with van der Waals surface area (Å²) in [6.07, 6.45) is 1.03. The molecule has 0 bridgehead atoms. The third-order valence-electron chi connectivity index (χ3n) is 28.4. The van der Waals surface area contributed by atoms with Crippen LogP contribution in [0.4, 0.5) is 0 Å². The van der Waals surface area contributed by atoms with Crippen LogP contribution in [0.5, 0.6) is 0 Å². The van der Waals surface area contributed by atoms with Gasteiger partial charge in [-0.15, -0.1) is 0 Å². The van der Waals surface area contributed by atoms with Gasteiger partial charge < -0.3 is 13.7 Å². The van der Waals surface area contributed by atoms with Crippen molar-refractivity contribution in [3.8, 4) is 84.6 Å². The molecule has 21 rings (SSSR count). The molecular formula is C126H129N9. The second-order valence-electron chi connectivity index (χ2n) is 43.0. The van der Waals surface area contributed by atoms with Crippen molar-refractivity contribution in [3.05, 3.63) is 357 Å². The molecule has 0 saturated carbocycles. The van der Waals surface area contributed by atoms with E-state index in [0.717, 1.165) is 62.9 Å². The van der Waals surface area contributed by atoms with Gasteiger partial charge in [-0.3, -0.25) is 13.7 Å². The molecule has 0 aliphatic heterocycles. The first-order valence-electron chi connectivity index (χ1n) is 48.5. The van der Waals surface area contributed by atoms with E-state index in [4.69, 9.17) is 15.0 Å². The molecule has 0 radical (unpaired) electrons. The fourth-order valence-electron chi connectivity index (χ4n) is 21.2. The van der Waals surface area contributed by atoms with E-state index < -0.39 is 0 Å². The second-order valence-corrected chi connectivity index (χ2v) is 43.0. The molecule has 135 heavy (non-hydrogen) atoms. The van der Waals surface area contributed by atoms with Crippen LogP contribution in [0.1, 0.15) is 202 Å². The summed E-state index contributed by atoms with van der Waals surface area (Å²) in [6.45, 7) is 56.6. The molecule has 0 aliphatic rings. The van der Waals surface area contributed by atoms with E-state index in [9.17, 15) is 0 Å². The van der Waals surface area contributed by atoms with Gasteiger partial charge in [-0.2, -0.15) is 0 Å². The number of benzene rings is 15. The Labute approximate surface area is 797 Å². The lowest BCUT2D eigenvalue weighted by Gasteiger charge is -2.26. The molecule has 1 atom stereocenters. The molecule has 15 aromatic carbocycles. The molecule has 9 nitrogen and oxygen atoms in total. The molecule has 0 spiro atoms. The van der Waals surface area contributed by atoms with Gasteiger partial charge in [0.1, 0.15) is 0 Å². The van der Waals surface area contributed by atoms with Crippen LogP contribution in [-0.4, -0.2) is 42.4 Å². The third-order valence-corrected chi connectivity index (χ3v) is 28.4. The lowest BCUT2D eigenvalue weighted by atomic mass is 9.78. The van der Waals surface area contributed by atoms with Crippen LogP contribution >= 0.6 is 0 Å². The van der Waals surface area contributed by atoms with Gasteiger partial charge in [-0.05, 0) is 343 Å². The second kappa shape index (κ2) is 34.2. The van der Waals surface area contributed by atoms with Crippen molar-refractivity contribution < 1.29 is 0 Å². The summed E-state index contributed by atoms with van der Waals surface area (Å²) in [4.78, 5) is 15.7. The maximum atomic E-state index is 5.25. The Balaban J connectivity index is 0.000000131. The lowest BCUT2D eigenvalue weighted by molar-refractivity contribution is 0.537. The monoisotopic (exact) mass is 1770 g/mol. The zero-order chi connectivity index (χ0) is 95.2. The molecule has 0 saturated heterocycles. The summed E-state index contributed by atoms with van der Waals surface area (Å²) in [5.74, 6) is 2.86. The maximum absolute atomic E-state index is 5.25. The molecule has 0 amide bonds. The van der Waals surface area contributed by atoms with Crippen LogP contribution in [0.3, 0.4) is 0 Å². The van der Waals surface area contributed by atoms with E-state index in [0.29, 0.717) is 6.04 Å². The molecular weight excluding hydrogens is 1640 g/mol. The predicted octanol–water partition coefficient (Wildman–Crippen LogP) is 34.5. The normalized spacial score (nSPS) is 12.6. The maximum Gasteiger partial charge on any atom is 0.216 e. The number of rotatable bonds is 12. The standard InChI is InChI=1S/C48H55N3.C40H39N3.C38H35N3/c1-45(2,3)34-22-32(23-35(28-34)46(4,5)6)30-18-20-41-38(26-30)39-27-31(33-24-36(47(7,8)9)29-37(25-33)48(10,11)12)19-21-42(39)51(41)44-49-40-16-14-15-17-43(40)50(44)13;1-23(2)42-37-12-10-9-11-34(37)41-40(42)43-35-15-13-30(38-26(5)17-24(3)18-27(38)6)21-32(35)33-22-31(14-16-36(33)43)39-28(7)19-25(4)20-29(39)8;1-6-27(5)40-37-14-10-9-13-34(37)39-38(40)41-35-19-16-28(30-12-8-7-11-25(30)3)22-32(35)33-23-29(17-20-36(33)41)31-18-15-24(2)21-26(31)4/h14-29H,1-13H3;9-23H,1-8H3;7-23,27H,6H2,1-5H3. The van der Waals surface area contributed by atoms with Crippen LogP contribution in [0.25, 0.3) is 183 Å². The van der Waals surface area contributed by atoms with Gasteiger partial charge in [-0.1, -0.05) is 283 Å². The molecule has 9 heteroatoms. The molecule has 0 N–H and O–H groups in total. The van der Waals surface area contributed by atoms with E-state index in [1.165, 1.54) is 199 Å². The number of para-hydroxylation sites is 6. The van der Waals surface area contributed by atoms with Crippen LogP contribution < -0.4 is 0 Å². The van der Waals surface area contributed by atoms with Gasteiger partial charge >= 0.3 is 0 Å². The average molecular weight is 1770 g/mol. The van der Waals surface area contributed by atoms with Gasteiger partial charge in [0.2, 0.25) is 17.8 Å². The lowest BCUT2D eigenvalue weighted by Crippen LogP contribution is -2.16. The fraction of sp³-hybridized carbons (Fsp3) is 0.262. The van der Waals surface area contributed by atoms with E-state index in [1.54, 1.807) is 0 Å². The number of aryl methyl sites for hydroxylation is 10. The SMILES string of the molecule is CCC(C)n1c(-n2c3ccc(-c4ccccc4C)cc3c3cc(-c4ccc(C)cc4C)ccc32)nc2ccccc21.Cc1cc(C)c(-c2ccc3c(c2)c2cc(-c4c(C)cc(C)cc4C)ccc2n3-c2nc3ccccc3n2C(C)C)c(C)c1.Cn1c(-n2c3ccc(-c4cc(C(C)(C)C)cc(C(C)(C)C)c4)cc3c3cc(-c4cc(C(C)(C)C)cc(C(C)(C)C)c4)ccc32)nc2ccccc21. The van der Waals surface area contributed by atoms with Crippen molar-refractivity contribution in [3.63, 3.8) is 0 Å². The summed E-state index contributed by atoms with van der Waals surface area (Å²) in [6, 6.07) is 107. The molecule has 0 aliphatic carbocycles. The van der Waals surface area contributed by atoms with E-state index in [1.807, 2.05) is 0 Å². The van der Waals surface area contributed by atoms with Gasteiger partial charge in [0.25, 0.3) is 0 Å². The van der Waals surface area contributed by atoms with Gasteiger partial charge in [0, 0.05) is 51.4 Å². The zero-order valence-corrected chi connectivity index (χ0v) is 84.0. The van der Waals surface area contributed by atoms with E-state index in [-0.39, 0.29) is 27.7 Å². The fourth-order valence-corrected chi connectivity index (χ4v) is 21.2. The number of fused-ring (bicyclic) bond motifs is 12. The highest BCUT2D eigenvalue weighted by molar-refractivity contribution is 6.15. The Morgan fingerprint density at radius 1 is 0.252 bits per heavy atom. The average Bonchev–Trinajstić information content (AvgIpc) is 1.58. The summed E-state index contributed by atoms with van der Waals surface area (Å²) in [7, 11) is 2.13. The number of hydrogen-bond donors (Lipinski definition) is 0. The minimum Gasteiger partial charge on any atom is -0.313 e. The Kier molecular flexibility index (Phi) is 22.9. The molecule has 6 aromatic heterocycles. The van der Waals surface area contributed by atoms with Crippen molar-refractivity contribution in [1.82, 2.24) is 42.4 Å². The Bertz CT molecular complexity index is 7940. The van der Waals surface area contributed by atoms with Crippen molar-refractivity contribution in [2.24, 2.45) is 7.05 Å². The quantitative estimate of drug-likeness (QED) is 0.122. The largest absolute Gasteiger partial charge is 0.313 e. The summed E-state index contributed by atoms with van der Waals surface area (Å²) < 4.78 is 14.1. The minimum atomic E-state index is 0.0404. The smallest absolute Gasteiger partial charge is 0.216 e. The van der Waals surface area contributed by atoms with Crippen LogP contribution in [0.15, 0.2) is 285 Å². The molecule has 21 aromatic rings. The Hall–Kier alpha value is -13.9. The number of nitrogens with zero attached hydrogens (tertiary/aromatic N) is 9. The van der Waals surface area contributed by atoms with Crippen LogP contribution in [0, 0.1) is 62.3 Å². The highest BCUT2D eigenvalue weighted by atomic mass is 15.3. The molecule has 678 valence electrons. The van der Waals surface area contributed by atoms with Crippen molar-refractivity contribution in [2.75, 3.05) is 0 Å².